The number of nitrogens with zero attached hydrogens (tertiary/aromatic N) is 2. The molecule has 2 aliphatic heterocycles. The molecule has 3 nitrogen and oxygen atoms in total. The normalized spacial score (nSPS) is 25.6. The van der Waals surface area contributed by atoms with Crippen molar-refractivity contribution in [2.75, 3.05) is 0 Å². The summed E-state index contributed by atoms with van der Waals surface area (Å²) >= 11 is 5.30. The van der Waals surface area contributed by atoms with Crippen molar-refractivity contribution in [3.8, 4) is 5.75 Å². The number of ether oxygens (including phenoxy) is 1. The summed E-state index contributed by atoms with van der Waals surface area (Å²) in [6, 6.07) is 12.9. The van der Waals surface area contributed by atoms with Gasteiger partial charge in [-0.2, -0.15) is 5.10 Å². The van der Waals surface area contributed by atoms with E-state index in [-0.39, 0.29) is 11.8 Å². The van der Waals surface area contributed by atoms with Gasteiger partial charge in [-0.15, -0.1) is 11.3 Å². The average Bonchev–Trinajstić information content (AvgIpc) is 3.14. The molecule has 2 aromatic rings. The molecule has 0 N–H and O–H groups in total. The molecule has 0 saturated carbocycles. The molecule has 0 amide bonds. The van der Waals surface area contributed by atoms with E-state index >= 15 is 0 Å². The van der Waals surface area contributed by atoms with Gasteiger partial charge in [0.1, 0.15) is 5.75 Å². The molecule has 0 bridgehead atoms. The zero-order valence-electron chi connectivity index (χ0n) is 13.3. The van der Waals surface area contributed by atoms with E-state index in [9.17, 15) is 0 Å². The Morgan fingerprint density at radius 3 is 2.91 bits per heavy atom. The highest BCUT2D eigenvalue weighted by molar-refractivity contribution is 9.11. The smallest absolute Gasteiger partial charge is 0.195 e. The van der Waals surface area contributed by atoms with Crippen molar-refractivity contribution >= 4 is 33.0 Å². The minimum absolute atomic E-state index is 0.271. The van der Waals surface area contributed by atoms with E-state index in [1.54, 1.807) is 11.3 Å². The average molecular weight is 391 g/mol. The number of rotatable bonds is 3. The van der Waals surface area contributed by atoms with E-state index < -0.39 is 0 Å². The fourth-order valence-corrected chi connectivity index (χ4v) is 4.95. The van der Waals surface area contributed by atoms with Crippen molar-refractivity contribution in [3.05, 3.63) is 50.6 Å². The highest BCUT2D eigenvalue weighted by Gasteiger charge is 2.47. The van der Waals surface area contributed by atoms with Gasteiger partial charge in [0.15, 0.2) is 5.72 Å². The largest absolute Gasteiger partial charge is 0.466 e. The molecule has 0 unspecified atom stereocenters. The molecular weight excluding hydrogens is 372 g/mol. The summed E-state index contributed by atoms with van der Waals surface area (Å²) in [5.41, 5.74) is 2.04. The first-order valence-corrected chi connectivity index (χ1v) is 9.62. The van der Waals surface area contributed by atoms with Crippen LogP contribution in [0.1, 0.15) is 49.6 Å². The number of para-hydroxylation sites is 1. The Balaban J connectivity index is 1.77. The Morgan fingerprint density at radius 2 is 2.17 bits per heavy atom. The van der Waals surface area contributed by atoms with Gasteiger partial charge in [-0.3, -0.25) is 0 Å². The molecule has 0 saturated heterocycles. The van der Waals surface area contributed by atoms with Crippen molar-refractivity contribution < 1.29 is 4.74 Å². The van der Waals surface area contributed by atoms with Crippen LogP contribution in [0, 0.1) is 0 Å². The third-order valence-corrected chi connectivity index (χ3v) is 6.25. The molecule has 2 aliphatic rings. The summed E-state index contributed by atoms with van der Waals surface area (Å²) in [5, 5.41) is 7.18. The van der Waals surface area contributed by atoms with E-state index in [0.29, 0.717) is 0 Å². The van der Waals surface area contributed by atoms with Gasteiger partial charge in [0, 0.05) is 18.4 Å². The molecule has 5 heteroatoms. The molecular formula is C18H19BrN2OS. The Bertz CT molecular complexity index is 772. The van der Waals surface area contributed by atoms with Gasteiger partial charge < -0.3 is 4.74 Å². The van der Waals surface area contributed by atoms with Gasteiger partial charge in [0.05, 0.1) is 20.4 Å². The summed E-state index contributed by atoms with van der Waals surface area (Å²) in [4.78, 5) is 1.24. The van der Waals surface area contributed by atoms with Crippen molar-refractivity contribution in [1.82, 2.24) is 5.01 Å². The van der Waals surface area contributed by atoms with Crippen LogP contribution in [0.4, 0.5) is 0 Å². The van der Waals surface area contributed by atoms with Crippen molar-refractivity contribution in [2.24, 2.45) is 5.10 Å². The van der Waals surface area contributed by atoms with Crippen LogP contribution in [-0.4, -0.2) is 16.4 Å². The summed E-state index contributed by atoms with van der Waals surface area (Å²) in [6.45, 7) is 4.36. The van der Waals surface area contributed by atoms with Crippen molar-refractivity contribution in [1.29, 1.82) is 0 Å². The molecule has 0 spiro atoms. The first-order valence-electron chi connectivity index (χ1n) is 8.01. The topological polar surface area (TPSA) is 24.8 Å². The lowest BCUT2D eigenvalue weighted by atomic mass is 9.95. The van der Waals surface area contributed by atoms with Gasteiger partial charge in [0.2, 0.25) is 0 Å². The fourth-order valence-electron chi connectivity index (χ4n) is 3.57. The van der Waals surface area contributed by atoms with Crippen LogP contribution < -0.4 is 4.74 Å². The third kappa shape index (κ3) is 2.50. The third-order valence-electron chi connectivity index (χ3n) is 4.57. The lowest BCUT2D eigenvalue weighted by Gasteiger charge is -2.45. The maximum Gasteiger partial charge on any atom is 0.195 e. The minimum Gasteiger partial charge on any atom is -0.466 e. The zero-order chi connectivity index (χ0) is 16.0. The Morgan fingerprint density at radius 1 is 1.35 bits per heavy atom. The van der Waals surface area contributed by atoms with E-state index in [0.717, 1.165) is 34.5 Å². The standard InChI is InChI=1S/C18H19BrN2OS/c1-3-10-18(2)21-14(12-6-4-5-7-15(12)22-18)11-13(20-21)16-8-9-17(19)23-16/h4-9,14H,3,10-11H2,1-2H3/t14-,18-/m1/s1. The summed E-state index contributed by atoms with van der Waals surface area (Å²) < 4.78 is 7.52. The SMILES string of the molecule is CCC[C@@]1(C)Oc2ccccc2[C@H]2CC(c3ccc(Br)s3)=NN21. The van der Waals surface area contributed by atoms with Crippen LogP contribution in [0.5, 0.6) is 5.75 Å². The van der Waals surface area contributed by atoms with Gasteiger partial charge in [-0.1, -0.05) is 31.5 Å². The molecule has 1 aromatic heterocycles. The molecule has 0 aliphatic carbocycles. The fraction of sp³-hybridized carbons (Fsp3) is 0.389. The maximum atomic E-state index is 6.38. The number of fused-ring (bicyclic) bond motifs is 3. The Hall–Kier alpha value is -1.33. The van der Waals surface area contributed by atoms with Gasteiger partial charge in [-0.05, 0) is 41.1 Å². The zero-order valence-corrected chi connectivity index (χ0v) is 15.7. The first-order chi connectivity index (χ1) is 11.1. The highest BCUT2D eigenvalue weighted by Crippen LogP contribution is 2.48. The maximum absolute atomic E-state index is 6.38. The molecule has 0 fully saturated rings. The number of benzene rings is 1. The molecule has 120 valence electrons. The van der Waals surface area contributed by atoms with E-state index in [1.807, 2.05) is 6.07 Å². The molecule has 23 heavy (non-hydrogen) atoms. The quantitative estimate of drug-likeness (QED) is 0.683. The van der Waals surface area contributed by atoms with E-state index in [1.165, 1.54) is 10.4 Å². The second-order valence-corrected chi connectivity index (χ2v) is 8.74. The van der Waals surface area contributed by atoms with E-state index in [2.05, 4.69) is 65.1 Å². The molecule has 1 aromatic carbocycles. The van der Waals surface area contributed by atoms with Crippen LogP contribution in [0.2, 0.25) is 0 Å². The monoisotopic (exact) mass is 390 g/mol. The van der Waals surface area contributed by atoms with Gasteiger partial charge in [-0.25, -0.2) is 5.01 Å². The second-order valence-electron chi connectivity index (χ2n) is 6.28. The summed E-state index contributed by atoms with van der Waals surface area (Å²) in [5.74, 6) is 1.01. The number of thiophene rings is 1. The van der Waals surface area contributed by atoms with Crippen LogP contribution in [0.3, 0.4) is 0 Å². The molecule has 2 atom stereocenters. The second kappa shape index (κ2) is 5.64. The van der Waals surface area contributed by atoms with Gasteiger partial charge in [0.25, 0.3) is 0 Å². The highest BCUT2D eigenvalue weighted by atomic mass is 79.9. The van der Waals surface area contributed by atoms with Crippen LogP contribution in [-0.2, 0) is 0 Å². The van der Waals surface area contributed by atoms with Crippen molar-refractivity contribution in [3.63, 3.8) is 0 Å². The minimum atomic E-state index is -0.371. The van der Waals surface area contributed by atoms with Crippen molar-refractivity contribution in [2.45, 2.75) is 44.9 Å². The predicted molar refractivity (Wildman–Crippen MR) is 98.1 cm³/mol. The summed E-state index contributed by atoms with van der Waals surface area (Å²) in [7, 11) is 0. The number of halogens is 1. The lowest BCUT2D eigenvalue weighted by molar-refractivity contribution is -0.111. The van der Waals surface area contributed by atoms with Crippen LogP contribution >= 0.6 is 27.3 Å². The number of hydrazone groups is 1. The Labute approximate surface area is 149 Å². The summed E-state index contributed by atoms with van der Waals surface area (Å²) in [6.07, 6.45) is 2.96. The molecule has 0 radical (unpaired) electrons. The first kappa shape index (κ1) is 15.2. The molecule has 4 rings (SSSR count). The van der Waals surface area contributed by atoms with Gasteiger partial charge >= 0.3 is 0 Å². The number of hydrogen-bond donors (Lipinski definition) is 0. The number of hydrogen-bond acceptors (Lipinski definition) is 4. The van der Waals surface area contributed by atoms with Crippen LogP contribution in [0.15, 0.2) is 45.3 Å². The van der Waals surface area contributed by atoms with E-state index in [4.69, 9.17) is 9.84 Å². The van der Waals surface area contributed by atoms with Crippen LogP contribution in [0.25, 0.3) is 0 Å². The Kier molecular flexibility index (Phi) is 3.73. The predicted octanol–water partition coefficient (Wildman–Crippen LogP) is 5.57. The molecule has 3 heterocycles. The lowest BCUT2D eigenvalue weighted by Crippen LogP contribution is -2.51.